The fraction of sp³-hybridized carbons (Fsp3) is 0.500. The monoisotopic (exact) mass is 237 g/mol. The summed E-state index contributed by atoms with van der Waals surface area (Å²) in [4.78, 5) is 32.3. The van der Waals surface area contributed by atoms with Gasteiger partial charge < -0.3 is 10.3 Å². The van der Waals surface area contributed by atoms with E-state index in [1.807, 2.05) is 0 Å². The van der Waals surface area contributed by atoms with Crippen molar-refractivity contribution in [3.63, 3.8) is 0 Å². The molecule has 0 unspecified atom stereocenters. The quantitative estimate of drug-likeness (QED) is 0.504. The van der Waals surface area contributed by atoms with E-state index in [1.165, 1.54) is 38.7 Å². The van der Waals surface area contributed by atoms with Crippen molar-refractivity contribution < 1.29 is 0 Å². The van der Waals surface area contributed by atoms with Gasteiger partial charge in [-0.2, -0.15) is 0 Å². The molecule has 1 aliphatic rings. The fourth-order valence-electron chi connectivity index (χ4n) is 1.67. The lowest BCUT2D eigenvalue weighted by Crippen LogP contribution is -2.21. The summed E-state index contributed by atoms with van der Waals surface area (Å²) >= 11 is 0. The van der Waals surface area contributed by atoms with Gasteiger partial charge in [0.2, 0.25) is 0 Å². The summed E-state index contributed by atoms with van der Waals surface area (Å²) in [6.45, 7) is 2.50. The van der Waals surface area contributed by atoms with Gasteiger partial charge in [0.15, 0.2) is 5.65 Å². The van der Waals surface area contributed by atoms with Gasteiger partial charge >= 0.3 is 5.69 Å². The summed E-state index contributed by atoms with van der Waals surface area (Å²) in [7, 11) is 0. The Morgan fingerprint density at radius 1 is 1.06 bits per heavy atom. The molecular weight excluding hydrogens is 222 g/mol. The van der Waals surface area contributed by atoms with Crippen LogP contribution in [0.2, 0.25) is 0 Å². The largest absolute Gasteiger partial charge is 0.339 e. The number of rotatable bonds is 0. The average Bonchev–Trinajstić information content (AvgIpc) is 2.80. The number of piperidine rings is 1. The Labute approximate surface area is 96.7 Å². The fourth-order valence-corrected chi connectivity index (χ4v) is 1.67. The smallest absolute Gasteiger partial charge is 0.327 e. The zero-order chi connectivity index (χ0) is 12.1. The Hall–Kier alpha value is -1.89. The van der Waals surface area contributed by atoms with Gasteiger partial charge in [0.25, 0.3) is 5.56 Å². The van der Waals surface area contributed by atoms with Gasteiger partial charge in [0.1, 0.15) is 5.52 Å². The van der Waals surface area contributed by atoms with Gasteiger partial charge in [-0.3, -0.25) is 14.8 Å². The van der Waals surface area contributed by atoms with Crippen LogP contribution in [0.25, 0.3) is 11.2 Å². The van der Waals surface area contributed by atoms with Gasteiger partial charge in [-0.25, -0.2) is 9.78 Å². The summed E-state index contributed by atoms with van der Waals surface area (Å²) in [6.07, 6.45) is 5.56. The van der Waals surface area contributed by atoms with Gasteiger partial charge in [-0.05, 0) is 25.9 Å². The molecule has 0 saturated carbocycles. The number of H-pyrrole nitrogens is 3. The number of nitrogens with one attached hydrogen (secondary N) is 4. The zero-order valence-corrected chi connectivity index (χ0v) is 9.38. The molecule has 0 amide bonds. The lowest BCUT2D eigenvalue weighted by atomic mass is 10.2. The van der Waals surface area contributed by atoms with Crippen molar-refractivity contribution in [3.05, 3.63) is 27.2 Å². The van der Waals surface area contributed by atoms with Crippen molar-refractivity contribution in [2.45, 2.75) is 19.3 Å². The molecule has 0 radical (unpaired) electrons. The maximum Gasteiger partial charge on any atom is 0.327 e. The number of fused-ring (bicyclic) bond motifs is 1. The Morgan fingerprint density at radius 2 is 1.82 bits per heavy atom. The first-order valence-electron chi connectivity index (χ1n) is 5.64. The maximum absolute atomic E-state index is 10.9. The Balaban J connectivity index is 0.000000153. The van der Waals surface area contributed by atoms with Crippen LogP contribution in [-0.2, 0) is 0 Å². The molecule has 2 aromatic heterocycles. The minimum Gasteiger partial charge on any atom is -0.339 e. The first-order valence-corrected chi connectivity index (χ1v) is 5.64. The maximum atomic E-state index is 10.9. The molecule has 3 rings (SSSR count). The van der Waals surface area contributed by atoms with Gasteiger partial charge in [-0.1, -0.05) is 6.42 Å². The molecule has 7 heteroatoms. The van der Waals surface area contributed by atoms with Gasteiger partial charge in [0.05, 0.1) is 6.33 Å². The molecule has 1 saturated heterocycles. The van der Waals surface area contributed by atoms with Gasteiger partial charge in [-0.15, -0.1) is 0 Å². The molecule has 7 nitrogen and oxygen atoms in total. The Bertz CT molecular complexity index is 566. The predicted molar refractivity (Wildman–Crippen MR) is 64.1 cm³/mol. The molecule has 17 heavy (non-hydrogen) atoms. The molecule has 1 aliphatic heterocycles. The number of hydrogen-bond donors (Lipinski definition) is 4. The standard InChI is InChI=1S/C5H4N4O2.C5H11N/c10-4-2-3(7-1-6-2)8-5(11)9-4;1-2-4-6-5-3-1/h1H,(H3,6,7,8,9,10,11);6H,1-5H2. The Kier molecular flexibility index (Phi) is 3.71. The highest BCUT2D eigenvalue weighted by Crippen LogP contribution is 1.96. The van der Waals surface area contributed by atoms with Crippen molar-refractivity contribution in [1.29, 1.82) is 0 Å². The molecular formula is C10H15N5O2. The molecule has 0 aromatic carbocycles. The minimum atomic E-state index is -0.547. The normalized spacial score (nSPS) is 15.3. The highest BCUT2D eigenvalue weighted by Gasteiger charge is 1.99. The molecule has 3 heterocycles. The molecule has 0 atom stereocenters. The molecule has 0 bridgehead atoms. The third-order valence-electron chi connectivity index (χ3n) is 2.53. The number of nitrogens with zero attached hydrogens (tertiary/aromatic N) is 1. The lowest BCUT2D eigenvalue weighted by Gasteiger charge is -2.08. The summed E-state index contributed by atoms with van der Waals surface area (Å²) < 4.78 is 0. The van der Waals surface area contributed by atoms with E-state index in [1.54, 1.807) is 0 Å². The van der Waals surface area contributed by atoms with Crippen LogP contribution in [0.5, 0.6) is 0 Å². The summed E-state index contributed by atoms with van der Waals surface area (Å²) in [6, 6.07) is 0. The van der Waals surface area contributed by atoms with Crippen LogP contribution in [0.4, 0.5) is 0 Å². The second kappa shape index (κ2) is 5.44. The van der Waals surface area contributed by atoms with E-state index in [2.05, 4.69) is 25.3 Å². The van der Waals surface area contributed by atoms with E-state index in [0.717, 1.165) is 0 Å². The van der Waals surface area contributed by atoms with Crippen LogP contribution in [0.15, 0.2) is 15.9 Å². The first-order chi connectivity index (χ1) is 8.27. The van der Waals surface area contributed by atoms with Crippen LogP contribution in [-0.4, -0.2) is 33.0 Å². The van der Waals surface area contributed by atoms with Crippen LogP contribution in [0, 0.1) is 0 Å². The van der Waals surface area contributed by atoms with Crippen molar-refractivity contribution >= 4 is 11.2 Å². The van der Waals surface area contributed by atoms with E-state index in [9.17, 15) is 9.59 Å². The number of hydrogen-bond acceptors (Lipinski definition) is 4. The van der Waals surface area contributed by atoms with E-state index >= 15 is 0 Å². The topological polar surface area (TPSA) is 106 Å². The predicted octanol–water partition coefficient (Wildman–Crippen LogP) is -0.301. The second-order valence-corrected chi connectivity index (χ2v) is 3.85. The third kappa shape index (κ3) is 3.04. The van der Waals surface area contributed by atoms with Gasteiger partial charge in [0, 0.05) is 0 Å². The molecule has 0 aliphatic carbocycles. The number of imidazole rings is 1. The summed E-state index contributed by atoms with van der Waals surface area (Å²) in [5.74, 6) is 0. The lowest BCUT2D eigenvalue weighted by molar-refractivity contribution is 0.520. The second-order valence-electron chi connectivity index (χ2n) is 3.85. The molecule has 92 valence electrons. The van der Waals surface area contributed by atoms with Crippen molar-refractivity contribution in [2.75, 3.05) is 13.1 Å². The Morgan fingerprint density at radius 3 is 2.41 bits per heavy atom. The highest BCUT2D eigenvalue weighted by atomic mass is 16.2. The molecule has 0 spiro atoms. The van der Waals surface area contributed by atoms with Crippen LogP contribution in [0.1, 0.15) is 19.3 Å². The molecule has 1 fully saturated rings. The summed E-state index contributed by atoms with van der Waals surface area (Å²) in [5, 5.41) is 3.28. The van der Waals surface area contributed by atoms with Crippen LogP contribution in [0.3, 0.4) is 0 Å². The van der Waals surface area contributed by atoms with E-state index in [-0.39, 0.29) is 11.2 Å². The van der Waals surface area contributed by atoms with Crippen LogP contribution >= 0.6 is 0 Å². The molecule has 2 aromatic rings. The van der Waals surface area contributed by atoms with Crippen molar-refractivity contribution in [1.82, 2.24) is 25.3 Å². The van der Waals surface area contributed by atoms with Crippen molar-refractivity contribution in [3.8, 4) is 0 Å². The van der Waals surface area contributed by atoms with E-state index in [4.69, 9.17) is 0 Å². The van der Waals surface area contributed by atoms with E-state index in [0.29, 0.717) is 0 Å². The third-order valence-corrected chi connectivity index (χ3v) is 2.53. The SMILES string of the molecule is C1CCNCC1.O=c1[nH]c(=O)c2[nH]cnc2[nH]1. The average molecular weight is 237 g/mol. The zero-order valence-electron chi connectivity index (χ0n) is 9.38. The number of aromatic amines is 3. The van der Waals surface area contributed by atoms with Crippen LogP contribution < -0.4 is 16.6 Å². The highest BCUT2D eigenvalue weighted by molar-refractivity contribution is 5.67. The molecule has 4 N–H and O–H groups in total. The minimum absolute atomic E-state index is 0.277. The number of aromatic nitrogens is 4. The van der Waals surface area contributed by atoms with Crippen molar-refractivity contribution in [2.24, 2.45) is 0 Å². The first kappa shape index (κ1) is 11.6. The van der Waals surface area contributed by atoms with E-state index < -0.39 is 11.2 Å². The summed E-state index contributed by atoms with van der Waals surface area (Å²) in [5.41, 5.74) is -0.445.